The van der Waals surface area contributed by atoms with Gasteiger partial charge >= 0.3 is 0 Å². The summed E-state index contributed by atoms with van der Waals surface area (Å²) in [6.07, 6.45) is 2.95. The highest BCUT2D eigenvalue weighted by Gasteiger charge is 2.55. The summed E-state index contributed by atoms with van der Waals surface area (Å²) in [5.74, 6) is 0.917. The van der Waals surface area contributed by atoms with Gasteiger partial charge in [-0.3, -0.25) is 0 Å². The van der Waals surface area contributed by atoms with Crippen LogP contribution in [0.3, 0.4) is 0 Å². The van der Waals surface area contributed by atoms with Gasteiger partial charge in [0.05, 0.1) is 17.7 Å². The van der Waals surface area contributed by atoms with E-state index in [4.69, 9.17) is 36.5 Å². The molecule has 3 aliphatic rings. The number of amidine groups is 1. The summed E-state index contributed by atoms with van der Waals surface area (Å²) in [6, 6.07) is 13.8. The SMILES string of the molecule is CCOC1CCC2Oc3ccc(-c4cc(Cl)cc(C#N)c4)cc3C3(COC(N)=N3)C2C1. The number of hydrogen-bond donors (Lipinski definition) is 1. The molecule has 31 heavy (non-hydrogen) atoms. The van der Waals surface area contributed by atoms with Crippen LogP contribution in [0, 0.1) is 17.2 Å². The van der Waals surface area contributed by atoms with Crippen molar-refractivity contribution in [1.29, 1.82) is 5.26 Å². The molecule has 0 radical (unpaired) electrons. The Morgan fingerprint density at radius 1 is 1.26 bits per heavy atom. The molecule has 4 atom stereocenters. The van der Waals surface area contributed by atoms with Crippen molar-refractivity contribution in [1.82, 2.24) is 0 Å². The largest absolute Gasteiger partial charge is 0.490 e. The predicted molar refractivity (Wildman–Crippen MR) is 118 cm³/mol. The number of fused-ring (bicyclic) bond motifs is 4. The van der Waals surface area contributed by atoms with Gasteiger partial charge in [0.2, 0.25) is 0 Å². The fourth-order valence-electron chi connectivity index (χ4n) is 5.24. The van der Waals surface area contributed by atoms with E-state index in [1.54, 1.807) is 6.07 Å². The van der Waals surface area contributed by atoms with Gasteiger partial charge in [-0.25, -0.2) is 4.99 Å². The normalized spacial score (nSPS) is 28.7. The van der Waals surface area contributed by atoms with E-state index >= 15 is 0 Å². The number of ether oxygens (including phenoxy) is 3. The number of benzene rings is 2. The molecule has 2 aliphatic heterocycles. The van der Waals surface area contributed by atoms with Gasteiger partial charge in [-0.05, 0) is 67.6 Å². The summed E-state index contributed by atoms with van der Waals surface area (Å²) in [6.45, 7) is 3.10. The van der Waals surface area contributed by atoms with E-state index in [1.807, 2.05) is 31.2 Å². The number of halogens is 1. The van der Waals surface area contributed by atoms with Gasteiger partial charge in [0.15, 0.2) is 0 Å². The minimum absolute atomic E-state index is 0.0460. The molecule has 2 aromatic rings. The third-order valence-corrected chi connectivity index (χ3v) is 6.81. The van der Waals surface area contributed by atoms with Crippen molar-refractivity contribution in [3.05, 3.63) is 52.5 Å². The van der Waals surface area contributed by atoms with Crippen LogP contribution in [-0.2, 0) is 15.0 Å². The Balaban J connectivity index is 1.62. The molecule has 2 aromatic carbocycles. The van der Waals surface area contributed by atoms with Gasteiger partial charge in [0.25, 0.3) is 6.02 Å². The molecule has 6 nitrogen and oxygen atoms in total. The first-order valence-electron chi connectivity index (χ1n) is 10.6. The van der Waals surface area contributed by atoms with Crippen LogP contribution >= 0.6 is 11.6 Å². The second kappa shape index (κ2) is 7.74. The van der Waals surface area contributed by atoms with E-state index in [0.717, 1.165) is 41.7 Å². The number of nitriles is 1. The van der Waals surface area contributed by atoms with Gasteiger partial charge in [-0.15, -0.1) is 0 Å². The lowest BCUT2D eigenvalue weighted by molar-refractivity contribution is -0.0595. The molecule has 5 rings (SSSR count). The van der Waals surface area contributed by atoms with E-state index in [0.29, 0.717) is 23.8 Å². The van der Waals surface area contributed by atoms with Crippen molar-refractivity contribution < 1.29 is 14.2 Å². The van der Waals surface area contributed by atoms with E-state index in [-0.39, 0.29) is 24.1 Å². The molecule has 2 N–H and O–H groups in total. The highest BCUT2D eigenvalue weighted by atomic mass is 35.5. The Morgan fingerprint density at radius 3 is 2.87 bits per heavy atom. The Bertz CT molecular complexity index is 1100. The minimum atomic E-state index is -0.606. The van der Waals surface area contributed by atoms with Crippen molar-refractivity contribution >= 4 is 17.6 Å². The molecular formula is C24H24ClN3O3. The second-order valence-electron chi connectivity index (χ2n) is 8.37. The Hall–Kier alpha value is -2.75. The van der Waals surface area contributed by atoms with E-state index in [1.165, 1.54) is 0 Å². The number of aliphatic imine (C=N–C) groups is 1. The van der Waals surface area contributed by atoms with Crippen molar-refractivity contribution in [2.45, 2.75) is 43.9 Å². The Kier molecular flexibility index (Phi) is 5.04. The lowest BCUT2D eigenvalue weighted by Crippen LogP contribution is -2.52. The van der Waals surface area contributed by atoms with E-state index in [9.17, 15) is 5.26 Å². The third-order valence-electron chi connectivity index (χ3n) is 6.59. The number of nitrogens with two attached hydrogens (primary N) is 1. The molecule has 2 heterocycles. The molecule has 0 amide bonds. The molecule has 1 spiro atoms. The Morgan fingerprint density at radius 2 is 2.13 bits per heavy atom. The highest BCUT2D eigenvalue weighted by molar-refractivity contribution is 6.31. The maximum Gasteiger partial charge on any atom is 0.283 e. The van der Waals surface area contributed by atoms with Crippen LogP contribution in [0.25, 0.3) is 11.1 Å². The van der Waals surface area contributed by atoms with Gasteiger partial charge < -0.3 is 19.9 Å². The van der Waals surface area contributed by atoms with E-state index < -0.39 is 5.54 Å². The van der Waals surface area contributed by atoms with Gasteiger partial charge in [0, 0.05) is 23.1 Å². The minimum Gasteiger partial charge on any atom is -0.490 e. The zero-order chi connectivity index (χ0) is 21.6. The van der Waals surface area contributed by atoms with Crippen LogP contribution in [0.15, 0.2) is 41.4 Å². The average molecular weight is 438 g/mol. The van der Waals surface area contributed by atoms with Crippen LogP contribution in [0.2, 0.25) is 5.02 Å². The first kappa shape index (κ1) is 20.2. The lowest BCUT2D eigenvalue weighted by Gasteiger charge is -2.47. The summed E-state index contributed by atoms with van der Waals surface area (Å²) in [5, 5.41) is 9.86. The van der Waals surface area contributed by atoms with Crippen LogP contribution in [-0.4, -0.2) is 31.4 Å². The Labute approximate surface area is 186 Å². The monoisotopic (exact) mass is 437 g/mol. The molecule has 0 bridgehead atoms. The summed E-state index contributed by atoms with van der Waals surface area (Å²) in [5.41, 5.74) is 8.71. The van der Waals surface area contributed by atoms with Crippen LogP contribution < -0.4 is 10.5 Å². The van der Waals surface area contributed by atoms with Gasteiger partial charge in [0.1, 0.15) is 24.0 Å². The predicted octanol–water partition coefficient (Wildman–Crippen LogP) is 4.39. The zero-order valence-electron chi connectivity index (χ0n) is 17.3. The number of rotatable bonds is 3. The highest BCUT2D eigenvalue weighted by Crippen LogP contribution is 2.53. The third kappa shape index (κ3) is 3.42. The summed E-state index contributed by atoms with van der Waals surface area (Å²) >= 11 is 6.25. The molecular weight excluding hydrogens is 414 g/mol. The van der Waals surface area contributed by atoms with Gasteiger partial charge in [-0.1, -0.05) is 17.7 Å². The van der Waals surface area contributed by atoms with E-state index in [2.05, 4.69) is 12.1 Å². The van der Waals surface area contributed by atoms with Crippen molar-refractivity contribution in [2.75, 3.05) is 13.2 Å². The quantitative estimate of drug-likeness (QED) is 0.769. The second-order valence-corrected chi connectivity index (χ2v) is 8.80. The van der Waals surface area contributed by atoms with Crippen LogP contribution in [0.1, 0.15) is 37.3 Å². The first-order chi connectivity index (χ1) is 15.0. The smallest absolute Gasteiger partial charge is 0.283 e. The molecule has 7 heteroatoms. The number of nitrogens with zero attached hydrogens (tertiary/aromatic N) is 2. The average Bonchev–Trinajstić information content (AvgIpc) is 3.16. The summed E-state index contributed by atoms with van der Waals surface area (Å²) in [7, 11) is 0. The maximum atomic E-state index is 9.33. The molecule has 1 aliphatic carbocycles. The van der Waals surface area contributed by atoms with Gasteiger partial charge in [-0.2, -0.15) is 5.26 Å². The lowest BCUT2D eigenvalue weighted by atomic mass is 9.67. The van der Waals surface area contributed by atoms with Crippen LogP contribution in [0.4, 0.5) is 0 Å². The fraction of sp³-hybridized carbons (Fsp3) is 0.417. The van der Waals surface area contributed by atoms with Crippen molar-refractivity contribution in [3.63, 3.8) is 0 Å². The van der Waals surface area contributed by atoms with Crippen molar-refractivity contribution in [3.8, 4) is 22.9 Å². The molecule has 0 aromatic heterocycles. The topological polar surface area (TPSA) is 89.9 Å². The summed E-state index contributed by atoms with van der Waals surface area (Å²) < 4.78 is 18.1. The first-order valence-corrected chi connectivity index (χ1v) is 11.0. The number of hydrogen-bond acceptors (Lipinski definition) is 6. The zero-order valence-corrected chi connectivity index (χ0v) is 18.1. The van der Waals surface area contributed by atoms with Crippen molar-refractivity contribution in [2.24, 2.45) is 16.6 Å². The molecule has 0 saturated heterocycles. The molecule has 1 saturated carbocycles. The summed E-state index contributed by atoms with van der Waals surface area (Å²) in [4.78, 5) is 4.84. The molecule has 160 valence electrons. The van der Waals surface area contributed by atoms with Crippen LogP contribution in [0.5, 0.6) is 5.75 Å². The molecule has 4 unspecified atom stereocenters. The molecule has 1 fully saturated rings. The fourth-order valence-corrected chi connectivity index (χ4v) is 5.48. The maximum absolute atomic E-state index is 9.33. The standard InChI is InChI=1S/C24H24ClN3O3/c1-2-29-18-4-6-22-20(11-18)24(13-30-23(27)28-24)19-10-15(3-5-21(19)31-22)16-7-14(12-26)8-17(25)9-16/h3,5,7-10,18,20,22H,2,4,6,11,13H2,1H3,(H2,27,28).